The van der Waals surface area contributed by atoms with Crippen LogP contribution in [0.15, 0.2) is 12.1 Å². The smallest absolute Gasteiger partial charge is 0.267 e. The number of morpholine rings is 1. The maximum absolute atomic E-state index is 12.9. The molecule has 0 saturated carbocycles. The van der Waals surface area contributed by atoms with Crippen LogP contribution in [-0.4, -0.2) is 50.4 Å². The molecule has 29 heavy (non-hydrogen) atoms. The molecule has 2 heterocycles. The number of aryl methyl sites for hydroxylation is 2. The molecule has 0 unspecified atom stereocenters. The van der Waals surface area contributed by atoms with Crippen LogP contribution in [0.2, 0.25) is 0 Å². The van der Waals surface area contributed by atoms with Crippen LogP contribution in [0.3, 0.4) is 0 Å². The summed E-state index contributed by atoms with van der Waals surface area (Å²) in [4.78, 5) is 20.2. The summed E-state index contributed by atoms with van der Waals surface area (Å²) in [5, 5.41) is 3.96. The second kappa shape index (κ2) is 9.93. The molecular weight excluding hydrogens is 390 g/mol. The normalized spacial score (nSPS) is 14.0. The molecule has 1 aliphatic rings. The minimum atomic E-state index is -0.178. The summed E-state index contributed by atoms with van der Waals surface area (Å²) in [6, 6.07) is 3.81. The van der Waals surface area contributed by atoms with Crippen molar-refractivity contribution in [2.45, 2.75) is 34.1 Å². The lowest BCUT2D eigenvalue weighted by atomic mass is 10.2. The third-order valence-corrected chi connectivity index (χ3v) is 5.91. The summed E-state index contributed by atoms with van der Waals surface area (Å²) in [5.74, 6) is 1.18. The third-order valence-electron chi connectivity index (χ3n) is 4.61. The van der Waals surface area contributed by atoms with Gasteiger partial charge in [-0.25, -0.2) is 4.98 Å². The zero-order valence-corrected chi connectivity index (χ0v) is 18.4. The fourth-order valence-electron chi connectivity index (χ4n) is 3.24. The maximum atomic E-state index is 12.9. The van der Waals surface area contributed by atoms with Crippen LogP contribution >= 0.6 is 11.3 Å². The highest BCUT2D eigenvalue weighted by atomic mass is 32.1. The van der Waals surface area contributed by atoms with Gasteiger partial charge in [-0.3, -0.25) is 4.79 Å². The van der Waals surface area contributed by atoms with E-state index in [0.29, 0.717) is 42.7 Å². The molecule has 1 aromatic carbocycles. The van der Waals surface area contributed by atoms with E-state index in [4.69, 9.17) is 14.2 Å². The van der Waals surface area contributed by atoms with E-state index < -0.39 is 0 Å². The van der Waals surface area contributed by atoms with Gasteiger partial charge in [0, 0.05) is 25.2 Å². The summed E-state index contributed by atoms with van der Waals surface area (Å²) < 4.78 is 17.2. The van der Waals surface area contributed by atoms with E-state index in [2.05, 4.69) is 15.2 Å². The first kappa shape index (κ1) is 21.4. The highest BCUT2D eigenvalue weighted by Crippen LogP contribution is 2.39. The van der Waals surface area contributed by atoms with Gasteiger partial charge < -0.3 is 24.4 Å². The van der Waals surface area contributed by atoms with Gasteiger partial charge in [-0.05, 0) is 27.2 Å². The zero-order valence-electron chi connectivity index (χ0n) is 17.5. The van der Waals surface area contributed by atoms with E-state index in [9.17, 15) is 4.79 Å². The van der Waals surface area contributed by atoms with E-state index in [1.807, 2.05) is 39.8 Å². The SMILES string of the molecule is CCOc1cc(N2CCOCC2)c(OCC)cc1NC(=O)c1sc(CC)nc1C. The number of hydrogen-bond donors (Lipinski definition) is 1. The van der Waals surface area contributed by atoms with Gasteiger partial charge in [0.25, 0.3) is 5.91 Å². The first-order chi connectivity index (χ1) is 14.1. The Morgan fingerprint density at radius 2 is 1.86 bits per heavy atom. The van der Waals surface area contributed by atoms with Crippen molar-refractivity contribution in [1.29, 1.82) is 0 Å². The molecule has 2 aromatic rings. The molecule has 3 rings (SSSR count). The van der Waals surface area contributed by atoms with Gasteiger partial charge in [0.2, 0.25) is 0 Å². The molecule has 7 nitrogen and oxygen atoms in total. The van der Waals surface area contributed by atoms with Crippen LogP contribution in [0.5, 0.6) is 11.5 Å². The van der Waals surface area contributed by atoms with Crippen LogP contribution in [0, 0.1) is 6.92 Å². The topological polar surface area (TPSA) is 72.9 Å². The van der Waals surface area contributed by atoms with Crippen molar-refractivity contribution in [3.8, 4) is 11.5 Å². The molecule has 1 N–H and O–H groups in total. The van der Waals surface area contributed by atoms with Gasteiger partial charge >= 0.3 is 0 Å². The largest absolute Gasteiger partial charge is 0.492 e. The summed E-state index contributed by atoms with van der Waals surface area (Å²) in [7, 11) is 0. The number of aromatic nitrogens is 1. The Morgan fingerprint density at radius 3 is 2.48 bits per heavy atom. The van der Waals surface area contributed by atoms with Crippen molar-refractivity contribution in [3.63, 3.8) is 0 Å². The van der Waals surface area contributed by atoms with Crippen LogP contribution in [0.1, 0.15) is 41.1 Å². The molecule has 0 bridgehead atoms. The Morgan fingerprint density at radius 1 is 1.17 bits per heavy atom. The van der Waals surface area contributed by atoms with E-state index in [1.54, 1.807) is 0 Å². The molecule has 1 aromatic heterocycles. The molecule has 8 heteroatoms. The molecule has 1 fully saturated rings. The lowest BCUT2D eigenvalue weighted by Gasteiger charge is -2.31. The van der Waals surface area contributed by atoms with Crippen LogP contribution in [-0.2, 0) is 11.2 Å². The Hall–Kier alpha value is -2.32. The average molecular weight is 420 g/mol. The monoisotopic (exact) mass is 419 g/mol. The van der Waals surface area contributed by atoms with Crippen molar-refractivity contribution >= 4 is 28.6 Å². The second-order valence-corrected chi connectivity index (χ2v) is 7.69. The van der Waals surface area contributed by atoms with E-state index in [0.717, 1.165) is 41.6 Å². The number of anilines is 2. The fourth-order valence-corrected chi connectivity index (χ4v) is 4.14. The highest BCUT2D eigenvalue weighted by molar-refractivity contribution is 7.13. The first-order valence-electron chi connectivity index (χ1n) is 10.1. The Bertz CT molecular complexity index is 847. The minimum absolute atomic E-state index is 0.178. The number of rotatable bonds is 8. The molecule has 0 atom stereocenters. The summed E-state index contributed by atoms with van der Waals surface area (Å²) in [5.41, 5.74) is 2.30. The Kier molecular flexibility index (Phi) is 7.33. The van der Waals surface area contributed by atoms with Gasteiger partial charge in [-0.1, -0.05) is 6.92 Å². The zero-order chi connectivity index (χ0) is 20.8. The van der Waals surface area contributed by atoms with Gasteiger partial charge in [0.15, 0.2) is 0 Å². The number of ether oxygens (including phenoxy) is 3. The number of carbonyl (C=O) groups is 1. The summed E-state index contributed by atoms with van der Waals surface area (Å²) >= 11 is 1.43. The molecule has 1 aliphatic heterocycles. The molecule has 0 spiro atoms. The standard InChI is InChI=1S/C21H29N3O4S/c1-5-19-22-14(4)20(29-19)21(25)23-15-12-18(28-7-3)16(13-17(15)27-6-2)24-8-10-26-11-9-24/h12-13H,5-11H2,1-4H3,(H,23,25). The number of nitrogens with one attached hydrogen (secondary N) is 1. The quantitative estimate of drug-likeness (QED) is 0.700. The van der Waals surface area contributed by atoms with Crippen molar-refractivity contribution in [2.75, 3.05) is 49.7 Å². The number of nitrogens with zero attached hydrogens (tertiary/aromatic N) is 2. The van der Waals surface area contributed by atoms with Gasteiger partial charge in [-0.2, -0.15) is 0 Å². The molecular formula is C21H29N3O4S. The summed E-state index contributed by atoms with van der Waals surface area (Å²) in [6.07, 6.45) is 0.811. The molecule has 0 aliphatic carbocycles. The van der Waals surface area contributed by atoms with Crippen molar-refractivity contribution in [1.82, 2.24) is 4.98 Å². The fraction of sp³-hybridized carbons (Fsp3) is 0.524. The van der Waals surface area contributed by atoms with Gasteiger partial charge in [0.1, 0.15) is 16.4 Å². The second-order valence-electron chi connectivity index (χ2n) is 6.61. The number of carbonyl (C=O) groups excluding carboxylic acids is 1. The third kappa shape index (κ3) is 5.00. The predicted molar refractivity (Wildman–Crippen MR) is 116 cm³/mol. The minimum Gasteiger partial charge on any atom is -0.492 e. The number of amides is 1. The van der Waals surface area contributed by atoms with Crippen molar-refractivity contribution in [3.05, 3.63) is 27.7 Å². The Balaban J connectivity index is 1.94. The van der Waals surface area contributed by atoms with Crippen LogP contribution in [0.25, 0.3) is 0 Å². The Labute approximate surface area is 176 Å². The lowest BCUT2D eigenvalue weighted by molar-refractivity contribution is 0.102. The highest BCUT2D eigenvalue weighted by Gasteiger charge is 2.22. The maximum Gasteiger partial charge on any atom is 0.267 e. The molecule has 1 saturated heterocycles. The van der Waals surface area contributed by atoms with Gasteiger partial charge in [0.05, 0.1) is 48.5 Å². The van der Waals surface area contributed by atoms with Crippen molar-refractivity contribution < 1.29 is 19.0 Å². The average Bonchev–Trinajstić information content (AvgIpc) is 3.11. The summed E-state index contributed by atoms with van der Waals surface area (Å²) in [6.45, 7) is 11.7. The van der Waals surface area contributed by atoms with Crippen molar-refractivity contribution in [2.24, 2.45) is 0 Å². The number of hydrogen-bond acceptors (Lipinski definition) is 7. The van der Waals surface area contributed by atoms with E-state index in [-0.39, 0.29) is 5.91 Å². The van der Waals surface area contributed by atoms with E-state index >= 15 is 0 Å². The number of benzene rings is 1. The number of thiazole rings is 1. The molecule has 1 amide bonds. The molecule has 0 radical (unpaired) electrons. The molecule has 158 valence electrons. The van der Waals surface area contributed by atoms with E-state index in [1.165, 1.54) is 11.3 Å². The first-order valence-corrected chi connectivity index (χ1v) is 10.9. The van der Waals surface area contributed by atoms with Crippen LogP contribution < -0.4 is 19.7 Å². The van der Waals surface area contributed by atoms with Gasteiger partial charge in [-0.15, -0.1) is 11.3 Å². The van der Waals surface area contributed by atoms with Crippen LogP contribution in [0.4, 0.5) is 11.4 Å². The predicted octanol–water partition coefficient (Wildman–Crippen LogP) is 3.90. The lowest BCUT2D eigenvalue weighted by Crippen LogP contribution is -2.36.